The Morgan fingerprint density at radius 1 is 1.35 bits per heavy atom. The Kier molecular flexibility index (Phi) is 4.74. The molecule has 0 aliphatic rings. The predicted octanol–water partition coefficient (Wildman–Crippen LogP) is 2.64. The molecule has 1 aromatic heterocycles. The zero-order chi connectivity index (χ0) is 14.5. The van der Waals surface area contributed by atoms with Gasteiger partial charge < -0.3 is 10.5 Å². The highest BCUT2D eigenvalue weighted by Crippen LogP contribution is 2.22. The third-order valence-electron chi connectivity index (χ3n) is 3.23. The molecule has 0 aliphatic heterocycles. The molecule has 0 amide bonds. The Labute approximate surface area is 118 Å². The van der Waals surface area contributed by atoms with Crippen molar-refractivity contribution >= 4 is 0 Å². The van der Waals surface area contributed by atoms with E-state index in [0.29, 0.717) is 17.9 Å². The van der Waals surface area contributed by atoms with Crippen molar-refractivity contribution in [1.29, 1.82) is 0 Å². The highest BCUT2D eigenvalue weighted by atomic mass is 19.1. The largest absolute Gasteiger partial charge is 0.487 e. The minimum absolute atomic E-state index is 0.120. The van der Waals surface area contributed by atoms with Crippen molar-refractivity contribution in [1.82, 2.24) is 9.78 Å². The molecule has 20 heavy (non-hydrogen) atoms. The molecule has 0 saturated carbocycles. The van der Waals surface area contributed by atoms with Gasteiger partial charge in [0.1, 0.15) is 18.2 Å². The molecule has 0 radical (unpaired) electrons. The number of benzene rings is 1. The average Bonchev–Trinajstić information content (AvgIpc) is 2.87. The standard InChI is InChI=1S/C15H20FN3O/c1-3-11-8-12(19(4-2)18-11)10-20-15-7-5-6-14(16)13(15)9-17/h5-8H,3-4,9-10,17H2,1-2H3. The summed E-state index contributed by atoms with van der Waals surface area (Å²) in [6.45, 7) is 5.35. The van der Waals surface area contributed by atoms with E-state index in [2.05, 4.69) is 12.0 Å². The van der Waals surface area contributed by atoms with Crippen LogP contribution in [-0.4, -0.2) is 9.78 Å². The number of nitrogens with two attached hydrogens (primary N) is 1. The van der Waals surface area contributed by atoms with Crippen molar-refractivity contribution < 1.29 is 9.13 Å². The highest BCUT2D eigenvalue weighted by Gasteiger charge is 2.10. The maximum Gasteiger partial charge on any atom is 0.131 e. The van der Waals surface area contributed by atoms with Crippen LogP contribution in [0, 0.1) is 5.82 Å². The lowest BCUT2D eigenvalue weighted by atomic mass is 10.2. The number of rotatable bonds is 6. The van der Waals surface area contributed by atoms with Crippen LogP contribution in [0.3, 0.4) is 0 Å². The van der Waals surface area contributed by atoms with Gasteiger partial charge >= 0.3 is 0 Å². The van der Waals surface area contributed by atoms with Crippen LogP contribution < -0.4 is 10.5 Å². The molecule has 0 aliphatic carbocycles. The molecule has 1 aromatic carbocycles. The topological polar surface area (TPSA) is 53.1 Å². The molecule has 108 valence electrons. The third kappa shape index (κ3) is 2.99. The molecule has 0 atom stereocenters. The molecule has 0 spiro atoms. The fourth-order valence-electron chi connectivity index (χ4n) is 2.10. The first-order valence-corrected chi connectivity index (χ1v) is 6.85. The van der Waals surface area contributed by atoms with Crippen molar-refractivity contribution in [3.05, 3.63) is 47.0 Å². The molecule has 2 N–H and O–H groups in total. The molecular weight excluding hydrogens is 257 g/mol. The van der Waals surface area contributed by atoms with E-state index in [4.69, 9.17) is 10.5 Å². The molecule has 2 rings (SSSR count). The van der Waals surface area contributed by atoms with Crippen LogP contribution >= 0.6 is 0 Å². The van der Waals surface area contributed by atoms with Crippen molar-refractivity contribution in [2.75, 3.05) is 0 Å². The van der Waals surface area contributed by atoms with Crippen molar-refractivity contribution in [3.8, 4) is 5.75 Å². The number of hydrogen-bond acceptors (Lipinski definition) is 3. The van der Waals surface area contributed by atoms with Crippen LogP contribution in [0.4, 0.5) is 4.39 Å². The Morgan fingerprint density at radius 2 is 2.15 bits per heavy atom. The first-order valence-electron chi connectivity index (χ1n) is 6.85. The van der Waals surface area contributed by atoms with Gasteiger partial charge in [-0.3, -0.25) is 4.68 Å². The summed E-state index contributed by atoms with van der Waals surface area (Å²) in [5.41, 5.74) is 7.99. The summed E-state index contributed by atoms with van der Waals surface area (Å²) >= 11 is 0. The maximum absolute atomic E-state index is 13.6. The number of ether oxygens (including phenoxy) is 1. The van der Waals surface area contributed by atoms with Crippen LogP contribution in [0.5, 0.6) is 5.75 Å². The number of halogens is 1. The fraction of sp³-hybridized carbons (Fsp3) is 0.400. The molecule has 0 fully saturated rings. The van der Waals surface area contributed by atoms with Crippen LogP contribution in [0.15, 0.2) is 24.3 Å². The van der Waals surface area contributed by atoms with Gasteiger partial charge in [-0.25, -0.2) is 4.39 Å². The van der Waals surface area contributed by atoms with Crippen LogP contribution in [0.25, 0.3) is 0 Å². The van der Waals surface area contributed by atoms with Gasteiger partial charge in [0.15, 0.2) is 0 Å². The maximum atomic E-state index is 13.6. The average molecular weight is 277 g/mol. The van der Waals surface area contributed by atoms with E-state index in [1.165, 1.54) is 6.07 Å². The Hall–Kier alpha value is -1.88. The predicted molar refractivity (Wildman–Crippen MR) is 75.9 cm³/mol. The van der Waals surface area contributed by atoms with Crippen LogP contribution in [0.2, 0.25) is 0 Å². The van der Waals surface area contributed by atoms with Gasteiger partial charge in [0, 0.05) is 18.7 Å². The Morgan fingerprint density at radius 3 is 2.80 bits per heavy atom. The second-order valence-electron chi connectivity index (χ2n) is 4.51. The SMILES string of the molecule is CCc1cc(COc2cccc(F)c2CN)n(CC)n1. The molecule has 0 bridgehead atoms. The second kappa shape index (κ2) is 6.52. The zero-order valence-corrected chi connectivity index (χ0v) is 11.9. The lowest BCUT2D eigenvalue weighted by Gasteiger charge is -2.11. The summed E-state index contributed by atoms with van der Waals surface area (Å²) in [6.07, 6.45) is 0.883. The summed E-state index contributed by atoms with van der Waals surface area (Å²) in [7, 11) is 0. The quantitative estimate of drug-likeness (QED) is 0.883. The minimum atomic E-state index is -0.330. The van der Waals surface area contributed by atoms with Gasteiger partial charge in [-0.15, -0.1) is 0 Å². The number of nitrogens with zero attached hydrogens (tertiary/aromatic N) is 2. The normalized spacial score (nSPS) is 10.8. The van der Waals surface area contributed by atoms with E-state index >= 15 is 0 Å². The van der Waals surface area contributed by atoms with Gasteiger partial charge in [-0.05, 0) is 31.5 Å². The summed E-state index contributed by atoms with van der Waals surface area (Å²) in [4.78, 5) is 0. The molecule has 5 heteroatoms. The fourth-order valence-corrected chi connectivity index (χ4v) is 2.10. The first kappa shape index (κ1) is 14.5. The highest BCUT2D eigenvalue weighted by molar-refractivity contribution is 5.34. The lowest BCUT2D eigenvalue weighted by Crippen LogP contribution is -2.08. The van der Waals surface area contributed by atoms with Crippen molar-refractivity contribution in [2.24, 2.45) is 5.73 Å². The van der Waals surface area contributed by atoms with Gasteiger partial charge in [0.05, 0.1) is 11.4 Å². The van der Waals surface area contributed by atoms with E-state index in [-0.39, 0.29) is 12.4 Å². The summed E-state index contributed by atoms with van der Waals surface area (Å²) in [5.74, 6) is 0.164. The summed E-state index contributed by atoms with van der Waals surface area (Å²) < 4.78 is 21.2. The molecule has 1 heterocycles. The Bertz CT molecular complexity index is 580. The third-order valence-corrected chi connectivity index (χ3v) is 3.23. The number of aromatic nitrogens is 2. The number of aryl methyl sites for hydroxylation is 2. The molecule has 0 saturated heterocycles. The molecule has 2 aromatic rings. The molecule has 4 nitrogen and oxygen atoms in total. The second-order valence-corrected chi connectivity index (χ2v) is 4.51. The van der Waals surface area contributed by atoms with E-state index < -0.39 is 0 Å². The van der Waals surface area contributed by atoms with Crippen molar-refractivity contribution in [3.63, 3.8) is 0 Å². The van der Waals surface area contributed by atoms with E-state index in [1.807, 2.05) is 17.7 Å². The molecule has 0 unspecified atom stereocenters. The van der Waals surface area contributed by atoms with Crippen molar-refractivity contribution in [2.45, 2.75) is 40.0 Å². The lowest BCUT2D eigenvalue weighted by molar-refractivity contribution is 0.287. The molecular formula is C15H20FN3O. The Balaban J connectivity index is 2.16. The zero-order valence-electron chi connectivity index (χ0n) is 11.9. The summed E-state index contributed by atoms with van der Waals surface area (Å²) in [5, 5.41) is 4.46. The van der Waals surface area contributed by atoms with Gasteiger partial charge in [-0.1, -0.05) is 13.0 Å². The van der Waals surface area contributed by atoms with E-state index in [0.717, 1.165) is 24.4 Å². The van der Waals surface area contributed by atoms with E-state index in [1.54, 1.807) is 12.1 Å². The van der Waals surface area contributed by atoms with Crippen LogP contribution in [0.1, 0.15) is 30.8 Å². The minimum Gasteiger partial charge on any atom is -0.487 e. The van der Waals surface area contributed by atoms with Gasteiger partial charge in [0.25, 0.3) is 0 Å². The van der Waals surface area contributed by atoms with Crippen LogP contribution in [-0.2, 0) is 26.1 Å². The summed E-state index contributed by atoms with van der Waals surface area (Å²) in [6, 6.07) is 6.77. The monoisotopic (exact) mass is 277 g/mol. The number of hydrogen-bond donors (Lipinski definition) is 1. The van der Waals surface area contributed by atoms with E-state index in [9.17, 15) is 4.39 Å². The van der Waals surface area contributed by atoms with Gasteiger partial charge in [0.2, 0.25) is 0 Å². The van der Waals surface area contributed by atoms with Gasteiger partial charge in [-0.2, -0.15) is 5.10 Å². The smallest absolute Gasteiger partial charge is 0.131 e. The first-order chi connectivity index (χ1) is 9.69.